The zero-order chi connectivity index (χ0) is 17.6. The second-order valence-corrected chi connectivity index (χ2v) is 6.10. The van der Waals surface area contributed by atoms with Crippen molar-refractivity contribution in [2.24, 2.45) is 0 Å². The molecule has 1 N–H and O–H groups in total. The van der Waals surface area contributed by atoms with Gasteiger partial charge in [-0.1, -0.05) is 23.7 Å². The molecule has 0 aliphatic carbocycles. The highest BCUT2D eigenvalue weighted by molar-refractivity contribution is 6.33. The zero-order valence-corrected chi connectivity index (χ0v) is 14.3. The number of benzene rings is 1. The Balaban J connectivity index is 1.43. The lowest BCUT2D eigenvalue weighted by Crippen LogP contribution is -2.51. The molecule has 25 heavy (non-hydrogen) atoms. The van der Waals surface area contributed by atoms with Crippen LogP contribution in [0.1, 0.15) is 0 Å². The Morgan fingerprint density at radius 1 is 1.12 bits per heavy atom. The van der Waals surface area contributed by atoms with Crippen LogP contribution in [0.2, 0.25) is 5.02 Å². The summed E-state index contributed by atoms with van der Waals surface area (Å²) >= 11 is 6.03. The van der Waals surface area contributed by atoms with Gasteiger partial charge >= 0.3 is 0 Å². The SMILES string of the molecule is O=C(CN1CCN(C(=O)Cn2cnnn2)CC1)Nc1ccccc1Cl. The number of halogens is 1. The van der Waals surface area contributed by atoms with Gasteiger partial charge in [0.15, 0.2) is 0 Å². The molecule has 0 saturated carbocycles. The number of piperazine rings is 1. The minimum Gasteiger partial charge on any atom is -0.339 e. The predicted molar refractivity (Wildman–Crippen MR) is 90.9 cm³/mol. The lowest BCUT2D eigenvalue weighted by molar-refractivity contribution is -0.134. The number of carbonyl (C=O) groups is 2. The van der Waals surface area contributed by atoms with E-state index in [4.69, 9.17) is 11.6 Å². The average molecular weight is 364 g/mol. The number of amides is 2. The number of aromatic nitrogens is 4. The minimum absolute atomic E-state index is 0.0348. The van der Waals surface area contributed by atoms with Crippen LogP contribution < -0.4 is 5.32 Å². The maximum Gasteiger partial charge on any atom is 0.244 e. The standard InChI is InChI=1S/C15H18ClN7O2/c16-12-3-1-2-4-13(12)18-14(24)9-21-5-7-22(8-6-21)15(25)10-23-11-17-19-20-23/h1-4,11H,5-10H2,(H,18,24). The highest BCUT2D eigenvalue weighted by atomic mass is 35.5. The van der Waals surface area contributed by atoms with Crippen LogP contribution in [0, 0.1) is 0 Å². The van der Waals surface area contributed by atoms with Crippen molar-refractivity contribution in [1.82, 2.24) is 30.0 Å². The second-order valence-electron chi connectivity index (χ2n) is 5.69. The topological polar surface area (TPSA) is 96.3 Å². The molecule has 2 heterocycles. The number of hydrogen-bond acceptors (Lipinski definition) is 6. The Kier molecular flexibility index (Phi) is 5.56. The number of nitrogens with one attached hydrogen (secondary N) is 1. The Bertz CT molecular complexity index is 729. The van der Waals surface area contributed by atoms with Gasteiger partial charge in [-0.2, -0.15) is 0 Å². The largest absolute Gasteiger partial charge is 0.339 e. The number of para-hydroxylation sites is 1. The van der Waals surface area contributed by atoms with Crippen LogP contribution in [0.15, 0.2) is 30.6 Å². The van der Waals surface area contributed by atoms with Gasteiger partial charge in [0.1, 0.15) is 12.9 Å². The first-order valence-corrected chi connectivity index (χ1v) is 8.25. The Morgan fingerprint density at radius 3 is 2.56 bits per heavy atom. The van der Waals surface area contributed by atoms with Gasteiger partial charge in [0, 0.05) is 26.2 Å². The molecular formula is C15H18ClN7O2. The molecule has 0 unspecified atom stereocenters. The van der Waals surface area contributed by atoms with Crippen LogP contribution in [-0.4, -0.2) is 74.5 Å². The Labute approximate surface area is 149 Å². The molecule has 9 nitrogen and oxygen atoms in total. The van der Waals surface area contributed by atoms with Gasteiger partial charge in [0.05, 0.1) is 17.3 Å². The fraction of sp³-hybridized carbons (Fsp3) is 0.400. The van der Waals surface area contributed by atoms with Crippen molar-refractivity contribution in [1.29, 1.82) is 0 Å². The summed E-state index contributed by atoms with van der Waals surface area (Å²) in [5.41, 5.74) is 0.601. The van der Waals surface area contributed by atoms with Crippen LogP contribution >= 0.6 is 11.6 Å². The average Bonchev–Trinajstić information content (AvgIpc) is 3.10. The third-order valence-electron chi connectivity index (χ3n) is 3.93. The van der Waals surface area contributed by atoms with Crippen molar-refractivity contribution in [2.75, 3.05) is 38.0 Å². The third-order valence-corrected chi connectivity index (χ3v) is 4.26. The van der Waals surface area contributed by atoms with E-state index in [9.17, 15) is 9.59 Å². The number of nitrogens with zero attached hydrogens (tertiary/aromatic N) is 6. The van der Waals surface area contributed by atoms with Gasteiger partial charge < -0.3 is 10.2 Å². The van der Waals surface area contributed by atoms with Gasteiger partial charge in [-0.15, -0.1) is 5.10 Å². The molecule has 10 heteroatoms. The number of anilines is 1. The smallest absolute Gasteiger partial charge is 0.244 e. The summed E-state index contributed by atoms with van der Waals surface area (Å²) in [4.78, 5) is 28.1. The molecule has 2 amide bonds. The summed E-state index contributed by atoms with van der Waals surface area (Å²) in [5.74, 6) is -0.158. The summed E-state index contributed by atoms with van der Waals surface area (Å²) in [6.45, 7) is 2.80. The molecule has 0 bridgehead atoms. The molecule has 132 valence electrons. The summed E-state index contributed by atoms with van der Waals surface area (Å²) in [6, 6.07) is 7.11. The first-order valence-electron chi connectivity index (χ1n) is 7.87. The normalized spacial score (nSPS) is 15.2. The van der Waals surface area contributed by atoms with Gasteiger partial charge in [0.25, 0.3) is 0 Å². The molecule has 1 aliphatic rings. The summed E-state index contributed by atoms with van der Waals surface area (Å²) in [7, 11) is 0. The molecule has 1 aromatic heterocycles. The predicted octanol–water partition coefficient (Wildman–Crippen LogP) is 0.109. The zero-order valence-electron chi connectivity index (χ0n) is 13.5. The number of tetrazole rings is 1. The Morgan fingerprint density at radius 2 is 1.88 bits per heavy atom. The fourth-order valence-electron chi connectivity index (χ4n) is 2.60. The van der Waals surface area contributed by atoms with Gasteiger partial charge in [0.2, 0.25) is 11.8 Å². The fourth-order valence-corrected chi connectivity index (χ4v) is 2.79. The van der Waals surface area contributed by atoms with E-state index in [1.165, 1.54) is 11.0 Å². The van der Waals surface area contributed by atoms with Crippen LogP contribution in [0.4, 0.5) is 5.69 Å². The van der Waals surface area contributed by atoms with E-state index in [0.29, 0.717) is 36.9 Å². The number of rotatable bonds is 5. The first kappa shape index (κ1) is 17.3. The highest BCUT2D eigenvalue weighted by Crippen LogP contribution is 2.20. The minimum atomic E-state index is -0.124. The molecule has 1 fully saturated rings. The molecule has 1 saturated heterocycles. The molecule has 1 aromatic carbocycles. The molecule has 1 aliphatic heterocycles. The van der Waals surface area contributed by atoms with Crippen LogP contribution in [0.3, 0.4) is 0 Å². The van der Waals surface area contributed by atoms with Crippen molar-refractivity contribution < 1.29 is 9.59 Å². The molecule has 3 rings (SSSR count). The third kappa shape index (κ3) is 4.74. The Hall–Kier alpha value is -2.52. The second kappa shape index (κ2) is 8.04. The van der Waals surface area contributed by atoms with Crippen molar-refractivity contribution in [2.45, 2.75) is 6.54 Å². The van der Waals surface area contributed by atoms with Crippen LogP contribution in [0.5, 0.6) is 0 Å². The lowest BCUT2D eigenvalue weighted by atomic mass is 10.3. The van der Waals surface area contributed by atoms with Crippen molar-refractivity contribution in [3.8, 4) is 0 Å². The van der Waals surface area contributed by atoms with Gasteiger partial charge in [-0.05, 0) is 22.6 Å². The maximum atomic E-state index is 12.2. The lowest BCUT2D eigenvalue weighted by Gasteiger charge is -2.34. The molecular weight excluding hydrogens is 346 g/mol. The van der Waals surface area contributed by atoms with E-state index in [0.717, 1.165) is 0 Å². The van der Waals surface area contributed by atoms with Crippen LogP contribution in [0.25, 0.3) is 0 Å². The van der Waals surface area contributed by atoms with Crippen LogP contribution in [-0.2, 0) is 16.1 Å². The van der Waals surface area contributed by atoms with Crippen molar-refractivity contribution in [3.63, 3.8) is 0 Å². The van der Waals surface area contributed by atoms with Gasteiger partial charge in [-0.25, -0.2) is 4.68 Å². The summed E-state index contributed by atoms with van der Waals surface area (Å²) in [6.07, 6.45) is 1.41. The number of carbonyl (C=O) groups excluding carboxylic acids is 2. The van der Waals surface area contributed by atoms with Gasteiger partial charge in [-0.3, -0.25) is 14.5 Å². The van der Waals surface area contributed by atoms with E-state index >= 15 is 0 Å². The summed E-state index contributed by atoms with van der Waals surface area (Å²) < 4.78 is 1.39. The van der Waals surface area contributed by atoms with Crippen molar-refractivity contribution >= 4 is 29.1 Å². The first-order chi connectivity index (χ1) is 12.1. The monoisotopic (exact) mass is 363 g/mol. The molecule has 2 aromatic rings. The molecule has 0 atom stereocenters. The molecule has 0 spiro atoms. The molecule has 0 radical (unpaired) electrons. The maximum absolute atomic E-state index is 12.2. The van der Waals surface area contributed by atoms with Crippen molar-refractivity contribution in [3.05, 3.63) is 35.6 Å². The highest BCUT2D eigenvalue weighted by Gasteiger charge is 2.23. The quantitative estimate of drug-likeness (QED) is 0.810. The van der Waals surface area contributed by atoms with E-state index < -0.39 is 0 Å². The summed E-state index contributed by atoms with van der Waals surface area (Å²) in [5, 5.41) is 14.0. The number of hydrogen-bond donors (Lipinski definition) is 1. The van der Waals surface area contributed by atoms with E-state index in [2.05, 4.69) is 20.8 Å². The van der Waals surface area contributed by atoms with E-state index in [1.54, 1.807) is 17.0 Å². The van der Waals surface area contributed by atoms with E-state index in [-0.39, 0.29) is 24.9 Å². The van der Waals surface area contributed by atoms with E-state index in [1.807, 2.05) is 17.0 Å².